The summed E-state index contributed by atoms with van der Waals surface area (Å²) in [4.78, 5) is 4.22. The van der Waals surface area contributed by atoms with Crippen LogP contribution in [0.1, 0.15) is 88.8 Å². The molecule has 1 atom stereocenters. The van der Waals surface area contributed by atoms with E-state index in [2.05, 4.69) is 18.8 Å². The van der Waals surface area contributed by atoms with E-state index in [-0.39, 0.29) is 5.92 Å². The number of nitrogens with zero attached hydrogens (tertiary/aromatic N) is 1. The summed E-state index contributed by atoms with van der Waals surface area (Å²) < 4.78 is 38.5. The molecule has 1 aromatic heterocycles. The van der Waals surface area contributed by atoms with Crippen LogP contribution in [0.4, 0.5) is 13.2 Å². The summed E-state index contributed by atoms with van der Waals surface area (Å²) in [5.41, 5.74) is 0.0312. The number of rotatable bonds is 10. The zero-order chi connectivity index (χ0) is 16.4. The molecule has 0 aromatic carbocycles. The molecule has 1 nitrogen and oxygen atoms in total. The smallest absolute Gasteiger partial charge is 0.261 e. The highest BCUT2D eigenvalue weighted by Gasteiger charge is 2.31. The molecule has 1 rings (SSSR count). The van der Waals surface area contributed by atoms with Crippen LogP contribution in [-0.4, -0.2) is 4.98 Å². The van der Waals surface area contributed by atoms with Crippen LogP contribution in [0.3, 0.4) is 0 Å². The van der Waals surface area contributed by atoms with E-state index in [1.165, 1.54) is 31.5 Å². The predicted octanol–water partition coefficient (Wildman–Crippen LogP) is 6.73. The van der Waals surface area contributed by atoms with Gasteiger partial charge in [0, 0.05) is 17.8 Å². The molecule has 0 aliphatic heterocycles. The molecule has 1 unspecified atom stereocenters. The van der Waals surface area contributed by atoms with Gasteiger partial charge in [-0.15, -0.1) is 0 Å². The lowest BCUT2D eigenvalue weighted by Gasteiger charge is -2.17. The lowest BCUT2D eigenvalue weighted by Crippen LogP contribution is -2.09. The molecule has 22 heavy (non-hydrogen) atoms. The van der Waals surface area contributed by atoms with Crippen molar-refractivity contribution in [1.82, 2.24) is 4.98 Å². The molecule has 0 bridgehead atoms. The van der Waals surface area contributed by atoms with E-state index in [0.29, 0.717) is 5.69 Å². The Hall–Kier alpha value is -1.06. The maximum Gasteiger partial charge on any atom is 0.416 e. The van der Waals surface area contributed by atoms with Crippen molar-refractivity contribution in [3.8, 4) is 0 Å². The first-order valence-electron chi connectivity index (χ1n) is 8.52. The van der Waals surface area contributed by atoms with Gasteiger partial charge in [-0.05, 0) is 25.0 Å². The van der Waals surface area contributed by atoms with Crippen molar-refractivity contribution >= 4 is 0 Å². The zero-order valence-corrected chi connectivity index (χ0v) is 13.8. The number of pyridine rings is 1. The Balaban J connectivity index is 2.69. The van der Waals surface area contributed by atoms with E-state index in [1.54, 1.807) is 0 Å². The number of alkyl halides is 3. The van der Waals surface area contributed by atoms with Gasteiger partial charge < -0.3 is 0 Å². The second-order valence-corrected chi connectivity index (χ2v) is 6.01. The Kier molecular flexibility index (Phi) is 8.51. The first-order valence-corrected chi connectivity index (χ1v) is 8.52. The number of aromatic nitrogens is 1. The summed E-state index contributed by atoms with van der Waals surface area (Å²) in [7, 11) is 0. The van der Waals surface area contributed by atoms with E-state index in [1.807, 2.05) is 0 Å². The lowest BCUT2D eigenvalue weighted by atomic mass is 9.91. The summed E-state index contributed by atoms with van der Waals surface area (Å²) >= 11 is 0. The Labute approximate surface area is 132 Å². The van der Waals surface area contributed by atoms with Crippen LogP contribution in [0.15, 0.2) is 18.3 Å². The molecule has 1 aromatic rings. The third-order valence-electron chi connectivity index (χ3n) is 4.09. The molecular weight excluding hydrogens is 287 g/mol. The summed E-state index contributed by atoms with van der Waals surface area (Å²) in [5, 5.41) is 0. The highest BCUT2D eigenvalue weighted by Crippen LogP contribution is 2.33. The van der Waals surface area contributed by atoms with Crippen molar-refractivity contribution in [2.45, 2.75) is 83.7 Å². The van der Waals surface area contributed by atoms with Crippen molar-refractivity contribution in [2.24, 2.45) is 0 Å². The van der Waals surface area contributed by atoms with Crippen molar-refractivity contribution < 1.29 is 13.2 Å². The number of hydrogen-bond donors (Lipinski definition) is 0. The molecule has 0 spiro atoms. The fraction of sp³-hybridized carbons (Fsp3) is 0.722. The second-order valence-electron chi connectivity index (χ2n) is 6.01. The Morgan fingerprint density at radius 1 is 0.955 bits per heavy atom. The lowest BCUT2D eigenvalue weighted by molar-refractivity contribution is -0.137. The topological polar surface area (TPSA) is 12.9 Å². The maximum atomic E-state index is 12.8. The van der Waals surface area contributed by atoms with E-state index >= 15 is 0 Å². The normalized spacial score (nSPS) is 13.3. The number of halogens is 3. The third-order valence-corrected chi connectivity index (χ3v) is 4.09. The van der Waals surface area contributed by atoms with Gasteiger partial charge in [0.1, 0.15) is 0 Å². The van der Waals surface area contributed by atoms with Crippen molar-refractivity contribution in [3.05, 3.63) is 29.6 Å². The van der Waals surface area contributed by atoms with Crippen LogP contribution in [0.5, 0.6) is 0 Å². The summed E-state index contributed by atoms with van der Waals surface area (Å²) in [6.45, 7) is 4.29. The Morgan fingerprint density at radius 3 is 2.23 bits per heavy atom. The SMILES string of the molecule is CCCCCCCC(CCCC)c1cc(C(F)(F)F)ccn1. The molecule has 0 fully saturated rings. The van der Waals surface area contributed by atoms with E-state index in [4.69, 9.17) is 0 Å². The molecule has 0 N–H and O–H groups in total. The van der Waals surface area contributed by atoms with Crippen molar-refractivity contribution in [2.75, 3.05) is 0 Å². The van der Waals surface area contributed by atoms with Gasteiger partial charge in [-0.3, -0.25) is 4.98 Å². The predicted molar refractivity (Wildman–Crippen MR) is 84.9 cm³/mol. The summed E-state index contributed by atoms with van der Waals surface area (Å²) in [6.07, 6.45) is 6.88. The van der Waals surface area contributed by atoms with Gasteiger partial charge in [0.25, 0.3) is 0 Å². The average Bonchev–Trinajstić information content (AvgIpc) is 2.49. The first-order chi connectivity index (χ1) is 10.5. The molecule has 0 amide bonds. The van der Waals surface area contributed by atoms with Gasteiger partial charge in [-0.25, -0.2) is 0 Å². The molecule has 0 radical (unpaired) electrons. The fourth-order valence-corrected chi connectivity index (χ4v) is 2.73. The second kappa shape index (κ2) is 9.86. The minimum atomic E-state index is -4.28. The van der Waals surface area contributed by atoms with Crippen LogP contribution in [0, 0.1) is 0 Å². The molecular formula is C18H28F3N. The van der Waals surface area contributed by atoms with Gasteiger partial charge >= 0.3 is 6.18 Å². The average molecular weight is 315 g/mol. The van der Waals surface area contributed by atoms with Crippen molar-refractivity contribution in [1.29, 1.82) is 0 Å². The van der Waals surface area contributed by atoms with Gasteiger partial charge in [-0.2, -0.15) is 13.2 Å². The van der Waals surface area contributed by atoms with Crippen LogP contribution >= 0.6 is 0 Å². The number of unbranched alkanes of at least 4 members (excludes halogenated alkanes) is 5. The summed E-state index contributed by atoms with van der Waals surface area (Å²) in [6, 6.07) is 2.30. The van der Waals surface area contributed by atoms with E-state index < -0.39 is 11.7 Å². The minimum absolute atomic E-state index is 0.156. The maximum absolute atomic E-state index is 12.8. The molecule has 0 aliphatic rings. The zero-order valence-electron chi connectivity index (χ0n) is 13.8. The van der Waals surface area contributed by atoms with Crippen LogP contribution in [0.25, 0.3) is 0 Å². The van der Waals surface area contributed by atoms with Gasteiger partial charge in [0.05, 0.1) is 5.56 Å². The highest BCUT2D eigenvalue weighted by molar-refractivity contribution is 5.21. The van der Waals surface area contributed by atoms with Gasteiger partial charge in [0.2, 0.25) is 0 Å². The Bertz CT molecular complexity index is 415. The van der Waals surface area contributed by atoms with Crippen LogP contribution in [-0.2, 0) is 6.18 Å². The molecule has 4 heteroatoms. The third kappa shape index (κ3) is 6.80. The highest BCUT2D eigenvalue weighted by atomic mass is 19.4. The van der Waals surface area contributed by atoms with Crippen molar-refractivity contribution in [3.63, 3.8) is 0 Å². The van der Waals surface area contributed by atoms with Gasteiger partial charge in [-0.1, -0.05) is 58.8 Å². The molecule has 1 heterocycles. The number of hydrogen-bond acceptors (Lipinski definition) is 1. The van der Waals surface area contributed by atoms with E-state index in [9.17, 15) is 13.2 Å². The summed E-state index contributed by atoms with van der Waals surface area (Å²) in [5.74, 6) is 0.156. The molecule has 0 saturated carbocycles. The van der Waals surface area contributed by atoms with Gasteiger partial charge in [0.15, 0.2) is 0 Å². The fourth-order valence-electron chi connectivity index (χ4n) is 2.73. The first kappa shape index (κ1) is 19.0. The van der Waals surface area contributed by atoms with Crippen LogP contribution < -0.4 is 0 Å². The molecule has 0 saturated heterocycles. The largest absolute Gasteiger partial charge is 0.416 e. The monoisotopic (exact) mass is 315 g/mol. The minimum Gasteiger partial charge on any atom is -0.261 e. The molecule has 0 aliphatic carbocycles. The van der Waals surface area contributed by atoms with E-state index in [0.717, 1.165) is 44.6 Å². The standard InChI is InChI=1S/C18H28F3N/c1-3-5-7-8-9-11-15(10-6-4-2)17-14-16(12-13-22-17)18(19,20)21/h12-15H,3-11H2,1-2H3. The molecule has 126 valence electrons. The quantitative estimate of drug-likeness (QED) is 0.436. The Morgan fingerprint density at radius 2 is 1.59 bits per heavy atom. The van der Waals surface area contributed by atoms with Crippen LogP contribution in [0.2, 0.25) is 0 Å².